The number of nitrogens with zero attached hydrogens (tertiary/aromatic N) is 2. The Bertz CT molecular complexity index is 334. The van der Waals surface area contributed by atoms with E-state index >= 15 is 0 Å². The van der Waals surface area contributed by atoms with Crippen molar-refractivity contribution in [1.29, 1.82) is 5.41 Å². The highest BCUT2D eigenvalue weighted by atomic mass is 16.5. The summed E-state index contributed by atoms with van der Waals surface area (Å²) in [6.45, 7) is 6.12. The van der Waals surface area contributed by atoms with Gasteiger partial charge in [0.25, 0.3) is 0 Å². The predicted octanol–water partition coefficient (Wildman–Crippen LogP) is 1.18. The lowest BCUT2D eigenvalue weighted by atomic mass is 10.1. The molecule has 5 heteroatoms. The zero-order valence-electron chi connectivity index (χ0n) is 9.19. The lowest BCUT2D eigenvalue weighted by Gasteiger charge is -2.16. The van der Waals surface area contributed by atoms with Crippen LogP contribution in [0.15, 0.2) is 12.4 Å². The molecule has 0 amide bonds. The molecule has 0 saturated heterocycles. The van der Waals surface area contributed by atoms with Crippen molar-refractivity contribution in [3.8, 4) is 5.88 Å². The van der Waals surface area contributed by atoms with Gasteiger partial charge in [-0.25, -0.2) is 9.97 Å². The number of nitrogens with one attached hydrogen (secondary N) is 1. The summed E-state index contributed by atoms with van der Waals surface area (Å²) in [6.07, 6.45) is 3.00. The number of rotatable bonds is 4. The van der Waals surface area contributed by atoms with Crippen molar-refractivity contribution in [2.75, 3.05) is 0 Å². The molecule has 0 saturated carbocycles. The molecule has 15 heavy (non-hydrogen) atoms. The molecule has 5 nitrogen and oxygen atoms in total. The first-order valence-electron chi connectivity index (χ1n) is 4.83. The van der Waals surface area contributed by atoms with Gasteiger partial charge in [-0.15, -0.1) is 0 Å². The van der Waals surface area contributed by atoms with E-state index in [2.05, 4.69) is 23.8 Å². The monoisotopic (exact) mass is 208 g/mol. The van der Waals surface area contributed by atoms with Crippen LogP contribution in [0.3, 0.4) is 0 Å². The van der Waals surface area contributed by atoms with Crippen LogP contribution in [-0.2, 0) is 0 Å². The van der Waals surface area contributed by atoms with Crippen LogP contribution in [0.25, 0.3) is 0 Å². The predicted molar refractivity (Wildman–Crippen MR) is 58.0 cm³/mol. The number of nitrogen functional groups attached to an aromatic ring is 1. The third-order valence-corrected chi connectivity index (χ3v) is 2.15. The van der Waals surface area contributed by atoms with Gasteiger partial charge in [0.05, 0.1) is 18.5 Å². The normalized spacial score (nSPS) is 12.5. The Balaban J connectivity index is 2.68. The zero-order valence-corrected chi connectivity index (χ0v) is 9.19. The van der Waals surface area contributed by atoms with Crippen LogP contribution in [0.4, 0.5) is 0 Å². The third-order valence-electron chi connectivity index (χ3n) is 2.15. The summed E-state index contributed by atoms with van der Waals surface area (Å²) < 4.78 is 5.53. The third kappa shape index (κ3) is 3.19. The van der Waals surface area contributed by atoms with Crippen LogP contribution in [0.1, 0.15) is 26.5 Å². The molecule has 1 atom stereocenters. The first-order valence-corrected chi connectivity index (χ1v) is 4.83. The molecule has 0 bridgehead atoms. The number of amidine groups is 1. The highest BCUT2D eigenvalue weighted by Gasteiger charge is 2.09. The quantitative estimate of drug-likeness (QED) is 0.574. The first kappa shape index (κ1) is 11.4. The molecule has 1 aromatic rings. The number of hydrogen-bond acceptors (Lipinski definition) is 4. The molecule has 0 fully saturated rings. The second-order valence-corrected chi connectivity index (χ2v) is 3.72. The van der Waals surface area contributed by atoms with E-state index in [4.69, 9.17) is 15.9 Å². The average Bonchev–Trinajstić information content (AvgIpc) is 2.18. The smallest absolute Gasteiger partial charge is 0.232 e. The number of ether oxygens (including phenoxy) is 1. The molecule has 0 spiro atoms. The summed E-state index contributed by atoms with van der Waals surface area (Å²) in [5, 5.41) is 7.15. The molecule has 1 aromatic heterocycles. The van der Waals surface area contributed by atoms with Crippen molar-refractivity contribution < 1.29 is 4.74 Å². The number of hydrogen-bond donors (Lipinski definition) is 2. The highest BCUT2D eigenvalue weighted by molar-refractivity contribution is 5.92. The largest absolute Gasteiger partial charge is 0.473 e. The van der Waals surface area contributed by atoms with Crippen molar-refractivity contribution >= 4 is 5.84 Å². The van der Waals surface area contributed by atoms with Crippen LogP contribution >= 0.6 is 0 Å². The second kappa shape index (κ2) is 4.72. The molecule has 1 rings (SSSR count). The van der Waals surface area contributed by atoms with Crippen molar-refractivity contribution in [3.63, 3.8) is 0 Å². The van der Waals surface area contributed by atoms with Gasteiger partial charge < -0.3 is 10.5 Å². The van der Waals surface area contributed by atoms with E-state index in [9.17, 15) is 0 Å². The van der Waals surface area contributed by atoms with E-state index in [0.29, 0.717) is 17.5 Å². The number of aromatic nitrogens is 2. The molecule has 1 unspecified atom stereocenters. The van der Waals surface area contributed by atoms with Crippen LogP contribution in [0.2, 0.25) is 0 Å². The fraction of sp³-hybridized carbons (Fsp3) is 0.500. The number of nitrogens with two attached hydrogens (primary N) is 1. The summed E-state index contributed by atoms with van der Waals surface area (Å²) in [5.74, 6) is 0.784. The molecule has 0 aromatic carbocycles. The van der Waals surface area contributed by atoms with Gasteiger partial charge in [-0.2, -0.15) is 0 Å². The summed E-state index contributed by atoms with van der Waals surface area (Å²) in [5.41, 5.74) is 5.61. The minimum Gasteiger partial charge on any atom is -0.473 e. The molecule has 0 aliphatic rings. The van der Waals surface area contributed by atoms with Crippen LogP contribution in [-0.4, -0.2) is 21.9 Å². The molecule has 0 radical (unpaired) electrons. The van der Waals surface area contributed by atoms with Gasteiger partial charge >= 0.3 is 0 Å². The lowest BCUT2D eigenvalue weighted by molar-refractivity contribution is 0.162. The Labute approximate surface area is 89.2 Å². The summed E-state index contributed by atoms with van der Waals surface area (Å²) in [7, 11) is 0. The Hall–Kier alpha value is -1.65. The summed E-state index contributed by atoms with van der Waals surface area (Å²) in [6, 6.07) is 0. The summed E-state index contributed by atoms with van der Waals surface area (Å²) in [4.78, 5) is 7.97. The standard InChI is InChI=1S/C10H16N4O/c1-6(2)7(3)15-9-5-13-8(4-14-9)10(11)12/h4-7H,1-3H3,(H3,11,12). The van der Waals surface area contributed by atoms with Gasteiger partial charge in [-0.05, 0) is 12.8 Å². The van der Waals surface area contributed by atoms with Gasteiger partial charge in [0.15, 0.2) is 0 Å². The van der Waals surface area contributed by atoms with Crippen molar-refractivity contribution in [1.82, 2.24) is 9.97 Å². The molecule has 1 heterocycles. The summed E-state index contributed by atoms with van der Waals surface area (Å²) >= 11 is 0. The Kier molecular flexibility index (Phi) is 3.60. The van der Waals surface area contributed by atoms with Crippen molar-refractivity contribution in [2.45, 2.75) is 26.9 Å². The van der Waals surface area contributed by atoms with E-state index in [1.54, 1.807) is 0 Å². The maximum atomic E-state index is 7.15. The SMILES string of the molecule is CC(C)C(C)Oc1cnc(C(=N)N)cn1. The second-order valence-electron chi connectivity index (χ2n) is 3.72. The Morgan fingerprint density at radius 1 is 1.33 bits per heavy atom. The van der Waals surface area contributed by atoms with Gasteiger partial charge in [0.1, 0.15) is 11.5 Å². The maximum absolute atomic E-state index is 7.15. The fourth-order valence-electron chi connectivity index (χ4n) is 0.843. The molecular formula is C10H16N4O. The fourth-order valence-corrected chi connectivity index (χ4v) is 0.843. The van der Waals surface area contributed by atoms with E-state index in [-0.39, 0.29) is 11.9 Å². The van der Waals surface area contributed by atoms with Crippen LogP contribution in [0, 0.1) is 11.3 Å². The van der Waals surface area contributed by atoms with Gasteiger partial charge in [0.2, 0.25) is 5.88 Å². The van der Waals surface area contributed by atoms with E-state index in [1.807, 2.05) is 6.92 Å². The van der Waals surface area contributed by atoms with Gasteiger partial charge in [-0.3, -0.25) is 5.41 Å². The first-order chi connectivity index (χ1) is 7.00. The molecule has 3 N–H and O–H groups in total. The van der Waals surface area contributed by atoms with E-state index < -0.39 is 0 Å². The highest BCUT2D eigenvalue weighted by Crippen LogP contribution is 2.11. The van der Waals surface area contributed by atoms with Crippen molar-refractivity contribution in [2.24, 2.45) is 11.7 Å². The van der Waals surface area contributed by atoms with Crippen LogP contribution < -0.4 is 10.5 Å². The minimum absolute atomic E-state index is 0.0856. The van der Waals surface area contributed by atoms with Gasteiger partial charge in [0, 0.05) is 0 Å². The lowest BCUT2D eigenvalue weighted by Crippen LogP contribution is -2.20. The molecular weight excluding hydrogens is 192 g/mol. The van der Waals surface area contributed by atoms with Gasteiger partial charge in [-0.1, -0.05) is 13.8 Å². The van der Waals surface area contributed by atoms with E-state index in [0.717, 1.165) is 0 Å². The van der Waals surface area contributed by atoms with E-state index in [1.165, 1.54) is 12.4 Å². The van der Waals surface area contributed by atoms with Crippen molar-refractivity contribution in [3.05, 3.63) is 18.1 Å². The minimum atomic E-state index is -0.0917. The topological polar surface area (TPSA) is 84.9 Å². The Morgan fingerprint density at radius 2 is 2.00 bits per heavy atom. The maximum Gasteiger partial charge on any atom is 0.232 e. The molecule has 82 valence electrons. The molecule has 0 aliphatic heterocycles. The average molecular weight is 208 g/mol. The Morgan fingerprint density at radius 3 is 2.40 bits per heavy atom. The zero-order chi connectivity index (χ0) is 11.4. The molecule has 0 aliphatic carbocycles. The van der Waals surface area contributed by atoms with Crippen LogP contribution in [0.5, 0.6) is 5.88 Å².